The van der Waals surface area contributed by atoms with Crippen molar-refractivity contribution >= 4 is 17.6 Å². The van der Waals surface area contributed by atoms with Crippen molar-refractivity contribution in [1.82, 2.24) is 9.80 Å². The molecular weight excluding hydrogens is 384 g/mol. The molecule has 164 valence electrons. The van der Waals surface area contributed by atoms with Crippen LogP contribution in [0.4, 0.5) is 0 Å². The largest absolute Gasteiger partial charge is 0.500 e. The smallest absolute Gasteiger partial charge is 0.377 e. The van der Waals surface area contributed by atoms with Crippen LogP contribution in [0.1, 0.15) is 19.8 Å². The highest BCUT2D eigenvalue weighted by atomic mass is 28.4. The molecule has 0 saturated carbocycles. The first-order chi connectivity index (χ1) is 12.8. The molecule has 8 nitrogen and oxygen atoms in total. The molecule has 0 spiro atoms. The van der Waals surface area contributed by atoms with Crippen LogP contribution in [0.3, 0.4) is 0 Å². The van der Waals surface area contributed by atoms with Crippen molar-refractivity contribution in [3.8, 4) is 0 Å². The quantitative estimate of drug-likeness (QED) is 0.326. The van der Waals surface area contributed by atoms with Gasteiger partial charge in [-0.1, -0.05) is 0 Å². The maximum atomic E-state index is 5.53. The molecule has 0 aliphatic heterocycles. The number of hydrogen-bond donors (Lipinski definition) is 0. The minimum atomic E-state index is -2.51. The maximum absolute atomic E-state index is 5.53. The average molecular weight is 427 g/mol. The molecule has 0 aromatic carbocycles. The van der Waals surface area contributed by atoms with Crippen molar-refractivity contribution in [2.45, 2.75) is 37.9 Å². The third-order valence-corrected chi connectivity index (χ3v) is 10.8. The van der Waals surface area contributed by atoms with Crippen molar-refractivity contribution in [2.75, 3.05) is 76.4 Å². The Morgan fingerprint density at radius 3 is 1.26 bits per heavy atom. The van der Waals surface area contributed by atoms with Crippen molar-refractivity contribution in [3.63, 3.8) is 0 Å². The summed E-state index contributed by atoms with van der Waals surface area (Å²) < 4.78 is 33.2. The van der Waals surface area contributed by atoms with Crippen LogP contribution < -0.4 is 0 Å². The average Bonchev–Trinajstić information content (AvgIpc) is 2.69. The molecule has 0 aromatic heterocycles. The lowest BCUT2D eigenvalue weighted by molar-refractivity contribution is 0.117. The molecule has 0 N–H and O–H groups in total. The van der Waals surface area contributed by atoms with Gasteiger partial charge in [-0.25, -0.2) is 0 Å². The van der Waals surface area contributed by atoms with Gasteiger partial charge in [0.25, 0.3) is 0 Å². The van der Waals surface area contributed by atoms with E-state index in [2.05, 4.69) is 30.8 Å². The first-order valence-corrected chi connectivity index (χ1v) is 13.3. The Morgan fingerprint density at radius 2 is 1.00 bits per heavy atom. The Morgan fingerprint density at radius 1 is 0.667 bits per heavy atom. The normalized spacial score (nSPS) is 14.3. The molecule has 0 radical (unpaired) electrons. The fraction of sp³-hybridized carbons (Fsp3) is 1.00. The highest BCUT2D eigenvalue weighted by molar-refractivity contribution is 6.60. The summed E-state index contributed by atoms with van der Waals surface area (Å²) in [7, 11) is 9.17. The minimum Gasteiger partial charge on any atom is -0.377 e. The van der Waals surface area contributed by atoms with Crippen LogP contribution in [-0.4, -0.2) is 110 Å². The molecule has 0 amide bonds. The Balaban J connectivity index is 4.74. The highest BCUT2D eigenvalue weighted by Gasteiger charge is 2.38. The molecule has 0 bridgehead atoms. The van der Waals surface area contributed by atoms with Gasteiger partial charge in [0, 0.05) is 67.3 Å². The van der Waals surface area contributed by atoms with Crippen molar-refractivity contribution in [1.29, 1.82) is 0 Å². The minimum absolute atomic E-state index is 0.466. The summed E-state index contributed by atoms with van der Waals surface area (Å²) in [5, 5.41) is 0. The van der Waals surface area contributed by atoms with E-state index in [0.29, 0.717) is 6.04 Å². The highest BCUT2D eigenvalue weighted by Crippen LogP contribution is 2.18. The van der Waals surface area contributed by atoms with E-state index in [4.69, 9.17) is 26.6 Å². The molecule has 0 aliphatic carbocycles. The monoisotopic (exact) mass is 426 g/mol. The Kier molecular flexibility index (Phi) is 14.2. The second-order valence-electron chi connectivity index (χ2n) is 6.91. The summed E-state index contributed by atoms with van der Waals surface area (Å²) in [6, 6.07) is 2.07. The van der Waals surface area contributed by atoms with Gasteiger partial charge in [-0.2, -0.15) is 0 Å². The third-order valence-electron chi connectivity index (χ3n) is 5.18. The third kappa shape index (κ3) is 9.44. The van der Waals surface area contributed by atoms with Gasteiger partial charge in [0.1, 0.15) is 0 Å². The van der Waals surface area contributed by atoms with Crippen LogP contribution in [0.5, 0.6) is 0 Å². The predicted octanol–water partition coefficient (Wildman–Crippen LogP) is 1.77. The fourth-order valence-electron chi connectivity index (χ4n) is 2.98. The second kappa shape index (κ2) is 14.2. The first kappa shape index (κ1) is 27.1. The van der Waals surface area contributed by atoms with Gasteiger partial charge >= 0.3 is 17.6 Å². The number of hydrogen-bond acceptors (Lipinski definition) is 8. The van der Waals surface area contributed by atoms with Crippen LogP contribution in [-0.2, 0) is 26.6 Å². The lowest BCUT2D eigenvalue weighted by Gasteiger charge is -2.31. The summed E-state index contributed by atoms with van der Waals surface area (Å²) in [6.07, 6.45) is 1.92. The van der Waals surface area contributed by atoms with Gasteiger partial charge in [0.15, 0.2) is 0 Å². The Labute approximate surface area is 168 Å². The number of likely N-dealkylation sites (N-methyl/N-ethyl adjacent to an activating group) is 1. The molecule has 0 saturated heterocycles. The standard InChI is InChI=1S/C17H42N2O6Si2/c1-17(18(2)3)16-19(12-10-14-26(20-4,21-5)22-6)13-11-15-27(23-7,24-8)25-9/h17H,10-16H2,1-9H3. The number of rotatable bonds is 17. The molecular formula is C17H42N2O6Si2. The topological polar surface area (TPSA) is 61.9 Å². The van der Waals surface area contributed by atoms with E-state index in [0.717, 1.165) is 44.6 Å². The van der Waals surface area contributed by atoms with E-state index in [1.807, 2.05) is 0 Å². The lowest BCUT2D eigenvalue weighted by Crippen LogP contribution is -2.45. The first-order valence-electron chi connectivity index (χ1n) is 9.47. The zero-order chi connectivity index (χ0) is 20.9. The summed E-state index contributed by atoms with van der Waals surface area (Å²) >= 11 is 0. The van der Waals surface area contributed by atoms with Crippen LogP contribution in [0.25, 0.3) is 0 Å². The molecule has 0 fully saturated rings. The number of nitrogens with zero attached hydrogens (tertiary/aromatic N) is 2. The summed E-state index contributed by atoms with van der Waals surface area (Å²) in [5.74, 6) is 0. The van der Waals surface area contributed by atoms with Gasteiger partial charge in [-0.15, -0.1) is 0 Å². The van der Waals surface area contributed by atoms with E-state index in [1.54, 1.807) is 42.7 Å². The summed E-state index contributed by atoms with van der Waals surface area (Å²) in [6.45, 7) is 5.16. The fourth-order valence-corrected chi connectivity index (χ4v) is 6.39. The van der Waals surface area contributed by atoms with Gasteiger partial charge < -0.3 is 36.4 Å². The van der Waals surface area contributed by atoms with E-state index < -0.39 is 17.6 Å². The molecule has 27 heavy (non-hydrogen) atoms. The molecule has 0 heterocycles. The van der Waals surface area contributed by atoms with Crippen molar-refractivity contribution in [3.05, 3.63) is 0 Å². The van der Waals surface area contributed by atoms with E-state index in [1.165, 1.54) is 0 Å². The zero-order valence-electron chi connectivity index (χ0n) is 18.9. The molecule has 1 unspecified atom stereocenters. The Hall–Kier alpha value is 0.114. The van der Waals surface area contributed by atoms with Crippen LogP contribution >= 0.6 is 0 Å². The van der Waals surface area contributed by atoms with E-state index in [9.17, 15) is 0 Å². The van der Waals surface area contributed by atoms with E-state index in [-0.39, 0.29) is 0 Å². The lowest BCUT2D eigenvalue weighted by atomic mass is 10.2. The van der Waals surface area contributed by atoms with Gasteiger partial charge in [-0.05, 0) is 47.0 Å². The maximum Gasteiger partial charge on any atom is 0.500 e. The molecule has 0 aromatic rings. The van der Waals surface area contributed by atoms with E-state index >= 15 is 0 Å². The van der Waals surface area contributed by atoms with Gasteiger partial charge in [0.05, 0.1) is 0 Å². The van der Waals surface area contributed by atoms with Crippen LogP contribution in [0.15, 0.2) is 0 Å². The Bertz CT molecular complexity index is 329. The zero-order valence-corrected chi connectivity index (χ0v) is 20.9. The SMILES string of the molecule is CO[Si](CCCN(CCC[Si](OC)(OC)OC)CC(C)N(C)C)(OC)OC. The summed E-state index contributed by atoms with van der Waals surface area (Å²) in [5.41, 5.74) is 0. The second-order valence-corrected chi connectivity index (χ2v) is 13.1. The van der Waals surface area contributed by atoms with Crippen molar-refractivity contribution < 1.29 is 26.6 Å². The molecule has 0 rings (SSSR count). The van der Waals surface area contributed by atoms with Gasteiger partial charge in [0.2, 0.25) is 0 Å². The molecule has 0 aliphatic rings. The van der Waals surface area contributed by atoms with Gasteiger partial charge in [-0.3, -0.25) is 0 Å². The predicted molar refractivity (Wildman–Crippen MR) is 112 cm³/mol. The molecule has 1 atom stereocenters. The van der Waals surface area contributed by atoms with Crippen LogP contribution in [0, 0.1) is 0 Å². The van der Waals surface area contributed by atoms with Crippen LogP contribution in [0.2, 0.25) is 12.1 Å². The molecule has 10 heteroatoms. The summed E-state index contributed by atoms with van der Waals surface area (Å²) in [4.78, 5) is 4.72. The van der Waals surface area contributed by atoms with Crippen molar-refractivity contribution in [2.24, 2.45) is 0 Å².